The predicted octanol–water partition coefficient (Wildman–Crippen LogP) is 0.247. The average Bonchev–Trinajstić information content (AvgIpc) is 3.04. The van der Waals surface area contributed by atoms with E-state index in [2.05, 4.69) is 30.9 Å². The van der Waals surface area contributed by atoms with E-state index in [-0.39, 0.29) is 11.6 Å². The van der Waals surface area contributed by atoms with Gasteiger partial charge in [-0.25, -0.2) is 0 Å². The van der Waals surface area contributed by atoms with Gasteiger partial charge in [-0.2, -0.15) is 15.4 Å². The maximum Gasteiger partial charge on any atom is 0.273 e. The summed E-state index contributed by atoms with van der Waals surface area (Å²) in [5.41, 5.74) is 0.289. The third-order valence-corrected chi connectivity index (χ3v) is 3.45. The van der Waals surface area contributed by atoms with E-state index in [1.54, 1.807) is 11.8 Å². The molecule has 2 aromatic heterocycles. The van der Waals surface area contributed by atoms with Gasteiger partial charge in [-0.1, -0.05) is 11.8 Å². The molecule has 0 spiro atoms. The molecule has 102 valence electrons. The van der Waals surface area contributed by atoms with Crippen LogP contribution in [0, 0.1) is 6.92 Å². The molecule has 0 radical (unpaired) electrons. The molecule has 2 aromatic rings. The van der Waals surface area contributed by atoms with Gasteiger partial charge >= 0.3 is 0 Å². The molecule has 0 bridgehead atoms. The van der Waals surface area contributed by atoms with Crippen molar-refractivity contribution in [2.75, 3.05) is 12.3 Å². The molecule has 9 heteroatoms. The topological polar surface area (TPSA) is 101 Å². The van der Waals surface area contributed by atoms with E-state index in [4.69, 9.17) is 0 Å². The highest BCUT2D eigenvalue weighted by Gasteiger charge is 2.09. The molecular weight excluding hydrogens is 266 g/mol. The van der Waals surface area contributed by atoms with Crippen molar-refractivity contribution in [3.8, 4) is 0 Å². The van der Waals surface area contributed by atoms with Gasteiger partial charge in [0, 0.05) is 18.8 Å². The van der Waals surface area contributed by atoms with E-state index < -0.39 is 0 Å². The minimum Gasteiger partial charge on any atom is -0.350 e. The van der Waals surface area contributed by atoms with Crippen molar-refractivity contribution in [2.24, 2.45) is 0 Å². The molecule has 0 atom stereocenters. The Morgan fingerprint density at radius 1 is 1.53 bits per heavy atom. The van der Waals surface area contributed by atoms with Gasteiger partial charge in [0.25, 0.3) is 5.91 Å². The quantitative estimate of drug-likeness (QED) is 0.581. The number of nitrogens with zero attached hydrogens (tertiary/aromatic N) is 5. The maximum atomic E-state index is 11.6. The lowest BCUT2D eigenvalue weighted by Gasteiger charge is -2.05. The van der Waals surface area contributed by atoms with Crippen LogP contribution in [0.25, 0.3) is 0 Å². The fourth-order valence-electron chi connectivity index (χ4n) is 1.54. The fourth-order valence-corrected chi connectivity index (χ4v) is 2.44. The lowest BCUT2D eigenvalue weighted by molar-refractivity contribution is 0.0951. The number of aryl methyl sites for hydroxylation is 1. The summed E-state index contributed by atoms with van der Waals surface area (Å²) in [4.78, 5) is 11.6. The van der Waals surface area contributed by atoms with Gasteiger partial charge in [-0.05, 0) is 13.8 Å². The Balaban J connectivity index is 1.76. The Bertz CT molecular complexity index is 536. The largest absolute Gasteiger partial charge is 0.350 e. The number of hydrogen-bond donors (Lipinski definition) is 2. The minimum atomic E-state index is -0.234. The summed E-state index contributed by atoms with van der Waals surface area (Å²) in [6.45, 7) is 5.35. The summed E-state index contributed by atoms with van der Waals surface area (Å²) >= 11 is 1.56. The van der Waals surface area contributed by atoms with Crippen LogP contribution in [0.2, 0.25) is 0 Å². The molecule has 0 unspecified atom stereocenters. The highest BCUT2D eigenvalue weighted by Crippen LogP contribution is 2.15. The highest BCUT2D eigenvalue weighted by atomic mass is 32.2. The van der Waals surface area contributed by atoms with Gasteiger partial charge in [-0.3, -0.25) is 4.79 Å². The van der Waals surface area contributed by atoms with Crippen LogP contribution >= 0.6 is 11.8 Å². The van der Waals surface area contributed by atoms with Gasteiger partial charge in [0.2, 0.25) is 0 Å². The molecule has 2 N–H and O–H groups in total. The van der Waals surface area contributed by atoms with E-state index in [1.807, 2.05) is 18.4 Å². The number of hydrogen-bond acceptors (Lipinski definition) is 6. The Morgan fingerprint density at radius 3 is 3.05 bits per heavy atom. The van der Waals surface area contributed by atoms with E-state index in [0.29, 0.717) is 6.54 Å². The SMILES string of the molecule is CCn1c(C)nnc1SCCNC(=O)c1cn[nH]n1. The first-order chi connectivity index (χ1) is 9.22. The molecule has 19 heavy (non-hydrogen) atoms. The van der Waals surface area contributed by atoms with E-state index in [1.165, 1.54) is 6.20 Å². The van der Waals surface area contributed by atoms with Crippen molar-refractivity contribution in [1.82, 2.24) is 35.5 Å². The summed E-state index contributed by atoms with van der Waals surface area (Å²) in [5, 5.41) is 21.4. The second-order valence-corrected chi connectivity index (χ2v) is 4.80. The van der Waals surface area contributed by atoms with E-state index in [9.17, 15) is 4.79 Å². The first-order valence-electron chi connectivity index (χ1n) is 5.89. The van der Waals surface area contributed by atoms with E-state index in [0.717, 1.165) is 23.3 Å². The third-order valence-electron chi connectivity index (χ3n) is 2.48. The summed E-state index contributed by atoms with van der Waals surface area (Å²) in [7, 11) is 0. The third kappa shape index (κ3) is 3.31. The van der Waals surface area contributed by atoms with Crippen LogP contribution in [0.3, 0.4) is 0 Å². The second kappa shape index (κ2) is 6.32. The number of thioether (sulfide) groups is 1. The molecule has 0 saturated carbocycles. The Hall–Kier alpha value is -1.90. The number of aromatic amines is 1. The number of amides is 1. The molecule has 2 rings (SSSR count). The van der Waals surface area contributed by atoms with Gasteiger partial charge in [0.15, 0.2) is 10.9 Å². The summed E-state index contributed by atoms with van der Waals surface area (Å²) < 4.78 is 2.03. The van der Waals surface area contributed by atoms with Crippen LogP contribution in [-0.2, 0) is 6.54 Å². The minimum absolute atomic E-state index is 0.234. The first kappa shape index (κ1) is 13.5. The Kier molecular flexibility index (Phi) is 4.50. The van der Waals surface area contributed by atoms with Gasteiger partial charge in [-0.15, -0.1) is 10.2 Å². The lowest BCUT2D eigenvalue weighted by atomic mass is 10.4. The van der Waals surface area contributed by atoms with Gasteiger partial charge in [0.1, 0.15) is 5.82 Å². The second-order valence-electron chi connectivity index (χ2n) is 3.73. The van der Waals surface area contributed by atoms with E-state index >= 15 is 0 Å². The highest BCUT2D eigenvalue weighted by molar-refractivity contribution is 7.99. The maximum absolute atomic E-state index is 11.6. The number of rotatable bonds is 6. The number of aromatic nitrogens is 6. The van der Waals surface area contributed by atoms with Crippen molar-refractivity contribution in [1.29, 1.82) is 0 Å². The van der Waals surface area contributed by atoms with Crippen LogP contribution in [-0.4, -0.2) is 48.4 Å². The van der Waals surface area contributed by atoms with Crippen LogP contribution in [0.4, 0.5) is 0 Å². The molecule has 0 saturated heterocycles. The molecule has 0 aliphatic heterocycles. The van der Waals surface area contributed by atoms with Crippen molar-refractivity contribution in [2.45, 2.75) is 25.5 Å². The Labute approximate surface area is 114 Å². The zero-order chi connectivity index (χ0) is 13.7. The molecule has 2 heterocycles. The molecule has 8 nitrogen and oxygen atoms in total. The van der Waals surface area contributed by atoms with Crippen molar-refractivity contribution >= 4 is 17.7 Å². The fraction of sp³-hybridized carbons (Fsp3) is 0.500. The van der Waals surface area contributed by atoms with Crippen LogP contribution < -0.4 is 5.32 Å². The molecular formula is C10H15N7OS. The van der Waals surface area contributed by atoms with Gasteiger partial charge < -0.3 is 9.88 Å². The smallest absolute Gasteiger partial charge is 0.273 e. The lowest BCUT2D eigenvalue weighted by Crippen LogP contribution is -2.26. The number of carbonyl (C=O) groups is 1. The molecule has 0 aliphatic rings. The predicted molar refractivity (Wildman–Crippen MR) is 69.9 cm³/mol. The standard InChI is InChI=1S/C10H15N7OS/c1-3-17-7(2)13-15-10(17)19-5-4-11-9(18)8-6-12-16-14-8/h6H,3-5H2,1-2H3,(H,11,18)(H,12,14,16). The normalized spacial score (nSPS) is 10.6. The van der Waals surface area contributed by atoms with Crippen molar-refractivity contribution in [3.63, 3.8) is 0 Å². The Morgan fingerprint density at radius 2 is 2.37 bits per heavy atom. The van der Waals surface area contributed by atoms with Crippen molar-refractivity contribution < 1.29 is 4.79 Å². The molecule has 0 fully saturated rings. The monoisotopic (exact) mass is 281 g/mol. The van der Waals surface area contributed by atoms with Crippen LogP contribution in [0.1, 0.15) is 23.2 Å². The summed E-state index contributed by atoms with van der Waals surface area (Å²) in [6, 6.07) is 0. The average molecular weight is 281 g/mol. The van der Waals surface area contributed by atoms with Crippen LogP contribution in [0.5, 0.6) is 0 Å². The first-order valence-corrected chi connectivity index (χ1v) is 6.87. The zero-order valence-corrected chi connectivity index (χ0v) is 11.6. The number of nitrogens with one attached hydrogen (secondary N) is 2. The number of carbonyl (C=O) groups excluding carboxylic acids is 1. The van der Waals surface area contributed by atoms with Crippen molar-refractivity contribution in [3.05, 3.63) is 17.7 Å². The molecule has 0 aliphatic carbocycles. The number of H-pyrrole nitrogens is 1. The van der Waals surface area contributed by atoms with Crippen LogP contribution in [0.15, 0.2) is 11.4 Å². The van der Waals surface area contributed by atoms with Gasteiger partial charge in [0.05, 0.1) is 6.20 Å². The zero-order valence-electron chi connectivity index (χ0n) is 10.8. The molecule has 0 aromatic carbocycles. The summed E-state index contributed by atoms with van der Waals surface area (Å²) in [5.74, 6) is 1.39. The molecule has 1 amide bonds. The summed E-state index contributed by atoms with van der Waals surface area (Å²) in [6.07, 6.45) is 1.39.